The molecular weight excluding hydrogens is 428 g/mol. The predicted octanol–water partition coefficient (Wildman–Crippen LogP) is 3.94. The summed E-state index contributed by atoms with van der Waals surface area (Å²) in [6.07, 6.45) is 0. The van der Waals surface area contributed by atoms with E-state index in [0.717, 1.165) is 5.56 Å². The summed E-state index contributed by atoms with van der Waals surface area (Å²) in [5.74, 6) is -0.536. The Morgan fingerprint density at radius 1 is 0.750 bits per heavy atom. The lowest BCUT2D eigenvalue weighted by Gasteiger charge is -2.15. The molecule has 3 rings (SSSR count). The zero-order valence-electron chi connectivity index (χ0n) is 17.6. The van der Waals surface area contributed by atoms with E-state index in [1.54, 1.807) is 60.7 Å². The van der Waals surface area contributed by atoms with Gasteiger partial charge in [-0.2, -0.15) is 4.72 Å². The zero-order valence-corrected chi connectivity index (χ0v) is 18.4. The fraction of sp³-hybridized carbons (Fsp3) is 0.130. The number of urea groups is 1. The topological polar surface area (TPSA) is 116 Å². The van der Waals surface area contributed by atoms with E-state index in [4.69, 9.17) is 0 Å². The number of para-hydroxylation sites is 1. The predicted molar refractivity (Wildman–Crippen MR) is 125 cm³/mol. The van der Waals surface area contributed by atoms with Gasteiger partial charge in [-0.1, -0.05) is 42.0 Å². The molecule has 4 N–H and O–H groups in total. The minimum Gasteiger partial charge on any atom is -0.325 e. The van der Waals surface area contributed by atoms with Crippen molar-refractivity contribution < 1.29 is 18.0 Å². The lowest BCUT2D eigenvalue weighted by atomic mass is 10.2. The second-order valence-electron chi connectivity index (χ2n) is 7.17. The maximum absolute atomic E-state index is 12.5. The second kappa shape index (κ2) is 10.1. The Labute approximate surface area is 187 Å². The zero-order chi connectivity index (χ0) is 23.1. The fourth-order valence-electron chi connectivity index (χ4n) is 2.81. The smallest absolute Gasteiger partial charge is 0.323 e. The molecule has 32 heavy (non-hydrogen) atoms. The van der Waals surface area contributed by atoms with E-state index in [-0.39, 0.29) is 4.90 Å². The minimum atomic E-state index is -3.84. The van der Waals surface area contributed by atoms with Crippen LogP contribution < -0.4 is 20.7 Å². The van der Waals surface area contributed by atoms with Crippen molar-refractivity contribution in [1.29, 1.82) is 0 Å². The molecule has 0 bridgehead atoms. The van der Waals surface area contributed by atoms with Gasteiger partial charge in [-0.05, 0) is 56.3 Å². The quantitative estimate of drug-likeness (QED) is 0.434. The number of hydrogen-bond acceptors (Lipinski definition) is 4. The molecule has 8 nitrogen and oxygen atoms in total. The molecule has 0 saturated carbocycles. The Bertz CT molecular complexity index is 1200. The summed E-state index contributed by atoms with van der Waals surface area (Å²) in [7, 11) is -3.84. The van der Waals surface area contributed by atoms with Gasteiger partial charge in [0, 0.05) is 17.1 Å². The Morgan fingerprint density at radius 2 is 1.31 bits per heavy atom. The third-order valence-electron chi connectivity index (χ3n) is 4.48. The van der Waals surface area contributed by atoms with E-state index >= 15 is 0 Å². The first-order valence-electron chi connectivity index (χ1n) is 9.86. The number of sulfonamides is 1. The number of benzene rings is 3. The molecule has 0 spiro atoms. The monoisotopic (exact) mass is 452 g/mol. The lowest BCUT2D eigenvalue weighted by molar-refractivity contribution is -0.117. The highest BCUT2D eigenvalue weighted by atomic mass is 32.2. The average Bonchev–Trinajstić information content (AvgIpc) is 2.74. The average molecular weight is 453 g/mol. The highest BCUT2D eigenvalue weighted by molar-refractivity contribution is 7.89. The molecule has 0 radical (unpaired) electrons. The van der Waals surface area contributed by atoms with Gasteiger partial charge in [0.1, 0.15) is 0 Å². The number of carbonyl (C=O) groups excluding carboxylic acids is 2. The van der Waals surface area contributed by atoms with Crippen molar-refractivity contribution in [3.63, 3.8) is 0 Å². The second-order valence-corrected chi connectivity index (χ2v) is 8.89. The molecule has 0 aromatic heterocycles. The van der Waals surface area contributed by atoms with Gasteiger partial charge in [0.05, 0.1) is 10.9 Å². The fourth-order valence-corrected chi connectivity index (χ4v) is 4.01. The van der Waals surface area contributed by atoms with Gasteiger partial charge in [-0.25, -0.2) is 13.2 Å². The Hall–Kier alpha value is -3.69. The molecule has 3 aromatic carbocycles. The Morgan fingerprint density at radius 3 is 1.97 bits per heavy atom. The third-order valence-corrected chi connectivity index (χ3v) is 6.03. The summed E-state index contributed by atoms with van der Waals surface area (Å²) in [5, 5.41) is 8.03. The molecule has 0 unspecified atom stereocenters. The minimum absolute atomic E-state index is 0.0818. The highest BCUT2D eigenvalue weighted by Crippen LogP contribution is 2.17. The first-order valence-corrected chi connectivity index (χ1v) is 11.3. The standard InChI is InChI=1S/C23H24N4O4S/c1-16-11-13-21(14-12-16)32(30,31)27-17(2)22(28)24-19-9-6-10-20(15-19)26-23(29)25-18-7-4-3-5-8-18/h3-15,17,27H,1-2H3,(H,24,28)(H2,25,26,29)/t17-/m0/s1. The molecule has 9 heteroatoms. The van der Waals surface area contributed by atoms with E-state index < -0.39 is 28.0 Å². The number of aryl methyl sites for hydroxylation is 1. The maximum Gasteiger partial charge on any atom is 0.323 e. The molecule has 3 amide bonds. The molecule has 166 valence electrons. The van der Waals surface area contributed by atoms with Crippen LogP contribution in [0.2, 0.25) is 0 Å². The molecular formula is C23H24N4O4S. The summed E-state index contributed by atoms with van der Waals surface area (Å²) in [5.41, 5.74) is 2.45. The van der Waals surface area contributed by atoms with Crippen molar-refractivity contribution in [3.8, 4) is 0 Å². The number of amides is 3. The van der Waals surface area contributed by atoms with Crippen molar-refractivity contribution in [2.75, 3.05) is 16.0 Å². The molecule has 0 aliphatic heterocycles. The normalized spacial score (nSPS) is 11.9. The van der Waals surface area contributed by atoms with E-state index in [1.807, 2.05) is 13.0 Å². The van der Waals surface area contributed by atoms with Crippen molar-refractivity contribution in [3.05, 3.63) is 84.4 Å². The van der Waals surface area contributed by atoms with Gasteiger partial charge < -0.3 is 16.0 Å². The summed E-state index contributed by atoms with van der Waals surface area (Å²) >= 11 is 0. The third kappa shape index (κ3) is 6.40. The first-order chi connectivity index (χ1) is 15.2. The van der Waals surface area contributed by atoms with Crippen molar-refractivity contribution in [2.24, 2.45) is 0 Å². The van der Waals surface area contributed by atoms with Crippen LogP contribution in [-0.2, 0) is 14.8 Å². The van der Waals surface area contributed by atoms with Crippen LogP contribution in [-0.4, -0.2) is 26.4 Å². The summed E-state index contributed by atoms with van der Waals surface area (Å²) in [6.45, 7) is 3.31. The first kappa shape index (κ1) is 23.0. The highest BCUT2D eigenvalue weighted by Gasteiger charge is 2.22. The molecule has 0 fully saturated rings. The summed E-state index contributed by atoms with van der Waals surface area (Å²) in [4.78, 5) is 24.7. The lowest BCUT2D eigenvalue weighted by Crippen LogP contribution is -2.41. The van der Waals surface area contributed by atoms with Gasteiger partial charge in [-0.15, -0.1) is 0 Å². The number of anilines is 3. The van der Waals surface area contributed by atoms with Crippen LogP contribution in [0.1, 0.15) is 12.5 Å². The van der Waals surface area contributed by atoms with Crippen molar-refractivity contribution >= 4 is 39.0 Å². The number of hydrogen-bond donors (Lipinski definition) is 4. The molecule has 1 atom stereocenters. The van der Waals surface area contributed by atoms with Crippen LogP contribution in [0.5, 0.6) is 0 Å². The van der Waals surface area contributed by atoms with Gasteiger partial charge in [-0.3, -0.25) is 4.79 Å². The van der Waals surface area contributed by atoms with Crippen LogP contribution in [0.3, 0.4) is 0 Å². The van der Waals surface area contributed by atoms with E-state index in [1.165, 1.54) is 19.1 Å². The number of carbonyl (C=O) groups is 2. The molecule has 0 aliphatic rings. The Balaban J connectivity index is 1.60. The number of nitrogens with one attached hydrogen (secondary N) is 4. The van der Waals surface area contributed by atoms with Crippen LogP contribution >= 0.6 is 0 Å². The molecule has 0 heterocycles. The van der Waals surface area contributed by atoms with Crippen molar-refractivity contribution in [1.82, 2.24) is 4.72 Å². The summed E-state index contributed by atoms with van der Waals surface area (Å²) in [6, 6.07) is 20.4. The van der Waals surface area contributed by atoms with E-state index in [9.17, 15) is 18.0 Å². The van der Waals surface area contributed by atoms with Gasteiger partial charge in [0.25, 0.3) is 0 Å². The Kier molecular flexibility index (Phi) is 7.24. The molecule has 0 saturated heterocycles. The van der Waals surface area contributed by atoms with Crippen LogP contribution in [0.25, 0.3) is 0 Å². The van der Waals surface area contributed by atoms with E-state index in [0.29, 0.717) is 17.1 Å². The maximum atomic E-state index is 12.5. The van der Waals surface area contributed by atoms with Crippen LogP contribution in [0.4, 0.5) is 21.9 Å². The van der Waals surface area contributed by atoms with Crippen LogP contribution in [0, 0.1) is 6.92 Å². The SMILES string of the molecule is Cc1ccc(S(=O)(=O)N[C@@H](C)C(=O)Nc2cccc(NC(=O)Nc3ccccc3)c2)cc1. The molecule has 3 aromatic rings. The summed E-state index contributed by atoms with van der Waals surface area (Å²) < 4.78 is 27.3. The van der Waals surface area contributed by atoms with Crippen molar-refractivity contribution in [2.45, 2.75) is 24.8 Å². The van der Waals surface area contributed by atoms with Crippen LogP contribution in [0.15, 0.2) is 83.8 Å². The van der Waals surface area contributed by atoms with Gasteiger partial charge in [0.2, 0.25) is 15.9 Å². The number of rotatable bonds is 7. The van der Waals surface area contributed by atoms with Gasteiger partial charge >= 0.3 is 6.03 Å². The largest absolute Gasteiger partial charge is 0.325 e. The van der Waals surface area contributed by atoms with Gasteiger partial charge in [0.15, 0.2) is 0 Å². The van der Waals surface area contributed by atoms with E-state index in [2.05, 4.69) is 20.7 Å². The molecule has 0 aliphatic carbocycles.